The van der Waals surface area contributed by atoms with Crippen LogP contribution in [0.2, 0.25) is 0 Å². The molecule has 2 aromatic rings. The Hall–Kier alpha value is -3.68. The van der Waals surface area contributed by atoms with E-state index in [2.05, 4.69) is 5.32 Å². The van der Waals surface area contributed by atoms with Crippen LogP contribution in [0.25, 0.3) is 0 Å². The third kappa shape index (κ3) is 5.94. The standard InChI is InChI=1S/C24H26N2O6/c1-3-12-31-23(29)17-6-10-20(11-7-17)26-14-18(13-22(26)28)24(30)32-15-21(27)25-19-8-4-16(2)5-9-19/h4-11,18H,3,12-15H2,1-2H3,(H,25,27)/t18-/m1/s1. The lowest BCUT2D eigenvalue weighted by atomic mass is 10.1. The van der Waals surface area contributed by atoms with Gasteiger partial charge in [-0.25, -0.2) is 4.79 Å². The zero-order valence-electron chi connectivity index (χ0n) is 18.1. The lowest BCUT2D eigenvalue weighted by molar-refractivity contribution is -0.151. The van der Waals surface area contributed by atoms with Crippen molar-refractivity contribution >= 4 is 35.1 Å². The van der Waals surface area contributed by atoms with Crippen molar-refractivity contribution in [3.05, 3.63) is 59.7 Å². The van der Waals surface area contributed by atoms with Gasteiger partial charge >= 0.3 is 11.9 Å². The van der Waals surface area contributed by atoms with Crippen LogP contribution in [0.15, 0.2) is 48.5 Å². The summed E-state index contributed by atoms with van der Waals surface area (Å²) >= 11 is 0. The fourth-order valence-electron chi connectivity index (χ4n) is 3.26. The highest BCUT2D eigenvalue weighted by molar-refractivity contribution is 6.00. The molecule has 1 fully saturated rings. The molecule has 0 aliphatic carbocycles. The quantitative estimate of drug-likeness (QED) is 0.636. The average molecular weight is 438 g/mol. The van der Waals surface area contributed by atoms with Crippen molar-refractivity contribution in [2.45, 2.75) is 26.7 Å². The number of aryl methyl sites for hydroxylation is 1. The Labute approximate surface area is 186 Å². The molecule has 0 radical (unpaired) electrons. The first-order chi connectivity index (χ1) is 15.4. The van der Waals surface area contributed by atoms with E-state index in [1.54, 1.807) is 36.4 Å². The summed E-state index contributed by atoms with van der Waals surface area (Å²) in [5, 5.41) is 2.65. The summed E-state index contributed by atoms with van der Waals surface area (Å²) in [7, 11) is 0. The van der Waals surface area contributed by atoms with Gasteiger partial charge in [-0.15, -0.1) is 0 Å². The number of ether oxygens (including phenoxy) is 2. The van der Waals surface area contributed by atoms with E-state index in [4.69, 9.17) is 9.47 Å². The van der Waals surface area contributed by atoms with Gasteiger partial charge in [-0.1, -0.05) is 24.6 Å². The zero-order chi connectivity index (χ0) is 23.1. The molecular formula is C24H26N2O6. The van der Waals surface area contributed by atoms with Gasteiger partial charge < -0.3 is 19.7 Å². The first-order valence-electron chi connectivity index (χ1n) is 10.5. The van der Waals surface area contributed by atoms with Crippen molar-refractivity contribution in [1.29, 1.82) is 0 Å². The van der Waals surface area contributed by atoms with Gasteiger partial charge in [-0.2, -0.15) is 0 Å². The molecule has 2 amide bonds. The lowest BCUT2D eigenvalue weighted by Gasteiger charge is -2.17. The first kappa shape index (κ1) is 23.0. The second-order valence-electron chi connectivity index (χ2n) is 7.61. The van der Waals surface area contributed by atoms with E-state index in [9.17, 15) is 19.2 Å². The average Bonchev–Trinajstić information content (AvgIpc) is 3.19. The summed E-state index contributed by atoms with van der Waals surface area (Å²) in [6, 6.07) is 13.7. The molecule has 1 atom stereocenters. The Kier molecular flexibility index (Phi) is 7.59. The molecule has 0 spiro atoms. The Morgan fingerprint density at radius 2 is 1.72 bits per heavy atom. The van der Waals surface area contributed by atoms with Crippen molar-refractivity contribution < 1.29 is 28.7 Å². The van der Waals surface area contributed by atoms with E-state index >= 15 is 0 Å². The maximum absolute atomic E-state index is 12.4. The van der Waals surface area contributed by atoms with Crippen LogP contribution in [-0.4, -0.2) is 43.5 Å². The summed E-state index contributed by atoms with van der Waals surface area (Å²) < 4.78 is 10.2. The third-order valence-electron chi connectivity index (χ3n) is 4.99. The number of anilines is 2. The van der Waals surface area contributed by atoms with Crippen molar-refractivity contribution in [2.75, 3.05) is 30.0 Å². The highest BCUT2D eigenvalue weighted by atomic mass is 16.5. The molecule has 3 rings (SSSR count). The summed E-state index contributed by atoms with van der Waals surface area (Å²) in [5.74, 6) is -2.36. The van der Waals surface area contributed by atoms with Crippen LogP contribution in [-0.2, 0) is 23.9 Å². The van der Waals surface area contributed by atoms with E-state index in [-0.39, 0.29) is 18.9 Å². The molecule has 0 unspecified atom stereocenters. The number of hydrogen-bond acceptors (Lipinski definition) is 6. The highest BCUT2D eigenvalue weighted by Crippen LogP contribution is 2.26. The molecule has 0 aromatic heterocycles. The van der Waals surface area contributed by atoms with Gasteiger partial charge in [0, 0.05) is 24.3 Å². The fraction of sp³-hybridized carbons (Fsp3) is 0.333. The van der Waals surface area contributed by atoms with Gasteiger partial charge in [-0.3, -0.25) is 14.4 Å². The first-order valence-corrected chi connectivity index (χ1v) is 10.5. The third-order valence-corrected chi connectivity index (χ3v) is 4.99. The highest BCUT2D eigenvalue weighted by Gasteiger charge is 2.36. The molecule has 8 nitrogen and oxygen atoms in total. The molecule has 8 heteroatoms. The van der Waals surface area contributed by atoms with E-state index in [1.807, 2.05) is 26.0 Å². The molecule has 168 valence electrons. The predicted octanol–water partition coefficient (Wildman–Crippen LogP) is 3.10. The Morgan fingerprint density at radius 1 is 1.03 bits per heavy atom. The van der Waals surface area contributed by atoms with Crippen LogP contribution in [0.1, 0.15) is 35.7 Å². The Morgan fingerprint density at radius 3 is 2.38 bits per heavy atom. The van der Waals surface area contributed by atoms with Crippen LogP contribution >= 0.6 is 0 Å². The second kappa shape index (κ2) is 10.6. The number of amides is 2. The van der Waals surface area contributed by atoms with E-state index in [0.29, 0.717) is 23.5 Å². The van der Waals surface area contributed by atoms with Crippen LogP contribution in [0.4, 0.5) is 11.4 Å². The maximum atomic E-state index is 12.4. The zero-order valence-corrected chi connectivity index (χ0v) is 18.1. The minimum Gasteiger partial charge on any atom is -0.462 e. The van der Waals surface area contributed by atoms with E-state index in [0.717, 1.165) is 12.0 Å². The van der Waals surface area contributed by atoms with Crippen molar-refractivity contribution in [1.82, 2.24) is 0 Å². The van der Waals surface area contributed by atoms with E-state index < -0.39 is 30.4 Å². The van der Waals surface area contributed by atoms with Crippen LogP contribution < -0.4 is 10.2 Å². The Bertz CT molecular complexity index is 985. The number of carbonyl (C=O) groups excluding carboxylic acids is 4. The molecule has 1 saturated heterocycles. The van der Waals surface area contributed by atoms with Crippen molar-refractivity contribution in [3.63, 3.8) is 0 Å². The van der Waals surface area contributed by atoms with Gasteiger partial charge in [0.25, 0.3) is 5.91 Å². The Balaban J connectivity index is 1.51. The van der Waals surface area contributed by atoms with Crippen molar-refractivity contribution in [3.8, 4) is 0 Å². The molecule has 0 saturated carbocycles. The number of hydrogen-bond donors (Lipinski definition) is 1. The number of rotatable bonds is 8. The molecule has 32 heavy (non-hydrogen) atoms. The smallest absolute Gasteiger partial charge is 0.338 e. The summed E-state index contributed by atoms with van der Waals surface area (Å²) in [6.45, 7) is 3.92. The molecule has 1 aliphatic heterocycles. The number of carbonyl (C=O) groups is 4. The topological polar surface area (TPSA) is 102 Å². The minimum atomic E-state index is -0.663. The molecule has 0 bridgehead atoms. The monoisotopic (exact) mass is 438 g/mol. The van der Waals surface area contributed by atoms with E-state index in [1.165, 1.54) is 4.90 Å². The summed E-state index contributed by atoms with van der Waals surface area (Å²) in [6.07, 6.45) is 0.732. The van der Waals surface area contributed by atoms with Gasteiger partial charge in [0.15, 0.2) is 6.61 Å². The van der Waals surface area contributed by atoms with Crippen molar-refractivity contribution in [2.24, 2.45) is 5.92 Å². The molecule has 2 aromatic carbocycles. The predicted molar refractivity (Wildman–Crippen MR) is 118 cm³/mol. The minimum absolute atomic E-state index is 0.00128. The fourth-order valence-corrected chi connectivity index (χ4v) is 3.26. The molecule has 1 N–H and O–H groups in total. The number of nitrogens with zero attached hydrogens (tertiary/aromatic N) is 1. The SMILES string of the molecule is CCCOC(=O)c1ccc(N2C[C@H](C(=O)OCC(=O)Nc3ccc(C)cc3)CC2=O)cc1. The van der Waals surface area contributed by atoms with Gasteiger partial charge in [0.05, 0.1) is 18.1 Å². The van der Waals surface area contributed by atoms with Gasteiger partial charge in [-0.05, 0) is 49.7 Å². The summed E-state index contributed by atoms with van der Waals surface area (Å²) in [4.78, 5) is 50.2. The van der Waals surface area contributed by atoms with Gasteiger partial charge in [0.2, 0.25) is 5.91 Å². The molecular weight excluding hydrogens is 412 g/mol. The lowest BCUT2D eigenvalue weighted by Crippen LogP contribution is -2.28. The number of esters is 2. The molecule has 1 heterocycles. The van der Waals surface area contributed by atoms with Crippen LogP contribution in [0.3, 0.4) is 0 Å². The van der Waals surface area contributed by atoms with Gasteiger partial charge in [0.1, 0.15) is 0 Å². The summed E-state index contributed by atoms with van der Waals surface area (Å²) in [5.41, 5.74) is 2.65. The number of benzene rings is 2. The van der Waals surface area contributed by atoms with Crippen LogP contribution in [0, 0.1) is 12.8 Å². The maximum Gasteiger partial charge on any atom is 0.338 e. The molecule has 1 aliphatic rings. The number of nitrogens with one attached hydrogen (secondary N) is 1. The largest absolute Gasteiger partial charge is 0.462 e. The normalized spacial score (nSPS) is 15.4. The second-order valence-corrected chi connectivity index (χ2v) is 7.61. The van der Waals surface area contributed by atoms with Crippen LogP contribution in [0.5, 0.6) is 0 Å².